The van der Waals surface area contributed by atoms with Crippen molar-refractivity contribution >= 4 is 23.4 Å². The molecule has 0 radical (unpaired) electrons. The van der Waals surface area contributed by atoms with E-state index in [1.165, 1.54) is 0 Å². The first-order valence-corrected chi connectivity index (χ1v) is 9.88. The van der Waals surface area contributed by atoms with E-state index in [2.05, 4.69) is 15.3 Å². The topological polar surface area (TPSA) is 104 Å². The van der Waals surface area contributed by atoms with Crippen molar-refractivity contribution in [3.05, 3.63) is 75.6 Å². The number of amides is 1. The zero-order valence-corrected chi connectivity index (χ0v) is 16.9. The Morgan fingerprint density at radius 3 is 2.59 bits per heavy atom. The van der Waals surface area contributed by atoms with Crippen LogP contribution in [-0.2, 0) is 11.2 Å². The van der Waals surface area contributed by atoms with Crippen LogP contribution in [0.25, 0.3) is 0 Å². The third kappa shape index (κ3) is 5.39. The van der Waals surface area contributed by atoms with Crippen molar-refractivity contribution in [2.24, 2.45) is 0 Å². The van der Waals surface area contributed by atoms with Gasteiger partial charge in [0.25, 0.3) is 5.56 Å². The molecule has 7 nitrogen and oxygen atoms in total. The van der Waals surface area contributed by atoms with E-state index in [-0.39, 0.29) is 34.7 Å². The minimum atomic E-state index is -0.435. The van der Waals surface area contributed by atoms with Crippen LogP contribution in [0.4, 0.5) is 5.69 Å². The molecule has 0 unspecified atom stereocenters. The van der Waals surface area contributed by atoms with Crippen LogP contribution in [-0.4, -0.2) is 33.8 Å². The summed E-state index contributed by atoms with van der Waals surface area (Å²) in [5.41, 5.74) is 2.26. The summed E-state index contributed by atoms with van der Waals surface area (Å²) in [6.07, 6.45) is 0.233. The monoisotopic (exact) mass is 411 g/mol. The van der Waals surface area contributed by atoms with Gasteiger partial charge >= 0.3 is 0 Å². The summed E-state index contributed by atoms with van der Waals surface area (Å²) in [4.78, 5) is 31.2. The molecule has 1 amide bonds. The van der Waals surface area contributed by atoms with Gasteiger partial charge in [-0.05, 0) is 36.2 Å². The molecule has 0 saturated carbocycles. The number of methoxy groups -OCH3 is 1. The quantitative estimate of drug-likeness (QED) is 0.408. The molecule has 1 heterocycles. The molecule has 0 aliphatic heterocycles. The summed E-state index contributed by atoms with van der Waals surface area (Å²) in [5.74, 6) is 0.190. The summed E-state index contributed by atoms with van der Waals surface area (Å²) in [7, 11) is 1.58. The van der Waals surface area contributed by atoms with E-state index in [9.17, 15) is 14.7 Å². The van der Waals surface area contributed by atoms with Gasteiger partial charge < -0.3 is 20.1 Å². The molecule has 0 bridgehead atoms. The second kappa shape index (κ2) is 9.29. The zero-order chi connectivity index (χ0) is 20.8. The van der Waals surface area contributed by atoms with E-state index in [4.69, 9.17) is 4.74 Å². The summed E-state index contributed by atoms with van der Waals surface area (Å²) < 4.78 is 5.11. The second-order valence-corrected chi connectivity index (χ2v) is 7.31. The Morgan fingerprint density at radius 1 is 1.21 bits per heavy atom. The van der Waals surface area contributed by atoms with Gasteiger partial charge in [-0.25, -0.2) is 0 Å². The number of aromatic nitrogens is 2. The van der Waals surface area contributed by atoms with Crippen molar-refractivity contribution in [2.45, 2.75) is 18.5 Å². The highest BCUT2D eigenvalue weighted by Gasteiger charge is 2.13. The maximum Gasteiger partial charge on any atom is 0.258 e. The normalized spacial score (nSPS) is 10.6. The van der Waals surface area contributed by atoms with E-state index in [1.54, 1.807) is 19.2 Å². The average molecular weight is 411 g/mol. The number of benzene rings is 2. The van der Waals surface area contributed by atoms with Crippen molar-refractivity contribution in [3.8, 4) is 11.6 Å². The lowest BCUT2D eigenvalue weighted by Crippen LogP contribution is -2.18. The molecule has 3 N–H and O–H groups in total. The molecule has 2 aromatic carbocycles. The van der Waals surface area contributed by atoms with E-state index in [0.717, 1.165) is 28.6 Å². The Labute approximate surface area is 172 Å². The molecule has 0 aliphatic rings. The number of H-pyrrole nitrogens is 1. The Morgan fingerprint density at radius 2 is 1.93 bits per heavy atom. The molecule has 0 atom stereocenters. The summed E-state index contributed by atoms with van der Waals surface area (Å²) in [6, 6.07) is 14.7. The summed E-state index contributed by atoms with van der Waals surface area (Å²) in [6.45, 7) is 1.90. The number of anilines is 1. The van der Waals surface area contributed by atoms with Gasteiger partial charge in [0.1, 0.15) is 5.75 Å². The predicted octanol–water partition coefficient (Wildman–Crippen LogP) is 3.11. The van der Waals surface area contributed by atoms with Crippen LogP contribution in [0.2, 0.25) is 0 Å². The lowest BCUT2D eigenvalue weighted by atomic mass is 10.1. The van der Waals surface area contributed by atoms with Crippen LogP contribution >= 0.6 is 11.8 Å². The van der Waals surface area contributed by atoms with Crippen LogP contribution in [0, 0.1) is 6.92 Å². The molecule has 0 aliphatic carbocycles. The van der Waals surface area contributed by atoms with Crippen LogP contribution in [0.15, 0.2) is 58.5 Å². The fourth-order valence-electron chi connectivity index (χ4n) is 2.67. The molecule has 0 spiro atoms. The van der Waals surface area contributed by atoms with E-state index >= 15 is 0 Å². The van der Waals surface area contributed by atoms with Gasteiger partial charge in [0.05, 0.1) is 18.4 Å². The number of aromatic amines is 1. The molecule has 0 saturated heterocycles. The Balaban J connectivity index is 1.64. The minimum absolute atomic E-state index is 0.0501. The number of carbonyl (C=O) groups excluding carboxylic acids is 1. The first-order valence-electron chi connectivity index (χ1n) is 8.89. The number of rotatable bonds is 7. The number of nitrogens with zero attached hydrogens (tertiary/aromatic N) is 1. The molecule has 1 aromatic heterocycles. The van der Waals surface area contributed by atoms with Crippen molar-refractivity contribution in [1.29, 1.82) is 0 Å². The Bertz CT molecular complexity index is 1060. The van der Waals surface area contributed by atoms with Crippen molar-refractivity contribution in [1.82, 2.24) is 9.97 Å². The van der Waals surface area contributed by atoms with Crippen LogP contribution < -0.4 is 15.6 Å². The Kier molecular flexibility index (Phi) is 6.56. The molecule has 3 aromatic rings. The molecule has 150 valence electrons. The predicted molar refractivity (Wildman–Crippen MR) is 113 cm³/mol. The molecular weight excluding hydrogens is 390 g/mol. The first kappa shape index (κ1) is 20.5. The van der Waals surface area contributed by atoms with Crippen LogP contribution in [0.5, 0.6) is 11.6 Å². The molecule has 29 heavy (non-hydrogen) atoms. The standard InChI is InChI=1S/C21H21N3O4S/c1-13-5-3-4-6-17(13)22-18(25)12-29-21-23-19(26)16(20(27)24-21)11-14-7-9-15(28-2)10-8-14/h3-10H,11-12H2,1-2H3,(H,22,25)(H2,23,24,26,27). The van der Waals surface area contributed by atoms with Gasteiger partial charge in [0.2, 0.25) is 11.8 Å². The van der Waals surface area contributed by atoms with Gasteiger partial charge in [-0.15, -0.1) is 0 Å². The van der Waals surface area contributed by atoms with Crippen molar-refractivity contribution in [2.75, 3.05) is 18.2 Å². The zero-order valence-electron chi connectivity index (χ0n) is 16.1. The summed E-state index contributed by atoms with van der Waals surface area (Å²) in [5, 5.41) is 13.2. The van der Waals surface area contributed by atoms with Gasteiger partial charge in [0.15, 0.2) is 5.16 Å². The van der Waals surface area contributed by atoms with Crippen LogP contribution in [0.1, 0.15) is 16.7 Å². The first-order chi connectivity index (χ1) is 14.0. The van der Waals surface area contributed by atoms with E-state index in [0.29, 0.717) is 5.75 Å². The van der Waals surface area contributed by atoms with Crippen LogP contribution in [0.3, 0.4) is 0 Å². The fraction of sp³-hybridized carbons (Fsp3) is 0.190. The number of ether oxygens (including phenoxy) is 1. The summed E-state index contributed by atoms with van der Waals surface area (Å²) >= 11 is 1.05. The number of aromatic hydroxyl groups is 1. The van der Waals surface area contributed by atoms with Gasteiger partial charge in [0, 0.05) is 12.1 Å². The number of hydrogen-bond donors (Lipinski definition) is 3. The highest BCUT2D eigenvalue weighted by Crippen LogP contribution is 2.21. The second-order valence-electron chi connectivity index (χ2n) is 6.35. The number of aryl methyl sites for hydroxylation is 1. The SMILES string of the molecule is COc1ccc(Cc2c(O)nc(SCC(=O)Nc3ccccc3C)[nH]c2=O)cc1. The van der Waals surface area contributed by atoms with Crippen molar-refractivity contribution < 1.29 is 14.6 Å². The Hall–Kier alpha value is -3.26. The lowest BCUT2D eigenvalue weighted by Gasteiger charge is -2.08. The number of nitrogens with one attached hydrogen (secondary N) is 2. The number of hydrogen-bond acceptors (Lipinski definition) is 6. The fourth-order valence-corrected chi connectivity index (χ4v) is 3.33. The van der Waals surface area contributed by atoms with Gasteiger partial charge in [-0.2, -0.15) is 4.98 Å². The number of para-hydroxylation sites is 1. The third-order valence-corrected chi connectivity index (χ3v) is 5.14. The molecule has 3 rings (SSSR count). The highest BCUT2D eigenvalue weighted by molar-refractivity contribution is 7.99. The number of thioether (sulfide) groups is 1. The van der Waals surface area contributed by atoms with Gasteiger partial charge in [-0.1, -0.05) is 42.1 Å². The van der Waals surface area contributed by atoms with E-state index < -0.39 is 5.56 Å². The molecule has 8 heteroatoms. The largest absolute Gasteiger partial charge is 0.497 e. The number of carbonyl (C=O) groups is 1. The smallest absolute Gasteiger partial charge is 0.258 e. The maximum absolute atomic E-state index is 12.4. The highest BCUT2D eigenvalue weighted by atomic mass is 32.2. The maximum atomic E-state index is 12.4. The molecular formula is C21H21N3O4S. The van der Waals surface area contributed by atoms with Crippen molar-refractivity contribution in [3.63, 3.8) is 0 Å². The molecule has 0 fully saturated rings. The average Bonchev–Trinajstić information content (AvgIpc) is 2.71. The van der Waals surface area contributed by atoms with Gasteiger partial charge in [-0.3, -0.25) is 9.59 Å². The third-order valence-electron chi connectivity index (χ3n) is 4.27. The lowest BCUT2D eigenvalue weighted by molar-refractivity contribution is -0.113. The minimum Gasteiger partial charge on any atom is -0.497 e. The van der Waals surface area contributed by atoms with E-state index in [1.807, 2.05) is 43.3 Å².